The van der Waals surface area contributed by atoms with Gasteiger partial charge in [-0.05, 0) is 18.2 Å². The van der Waals surface area contributed by atoms with Gasteiger partial charge in [0, 0.05) is 18.2 Å². The lowest BCUT2D eigenvalue weighted by Gasteiger charge is -2.09. The van der Waals surface area contributed by atoms with Crippen molar-refractivity contribution in [2.45, 2.75) is 6.92 Å². The number of carbonyl (C=O) groups excluding carboxylic acids is 2. The highest BCUT2D eigenvalue weighted by Gasteiger charge is 2.19. The molecule has 25 heavy (non-hydrogen) atoms. The Morgan fingerprint density at radius 1 is 1.08 bits per heavy atom. The Hall–Kier alpha value is -3.12. The Bertz CT molecular complexity index is 922. The number of aromatic nitrogens is 1. The predicted molar refractivity (Wildman–Crippen MR) is 95.6 cm³/mol. The zero-order chi connectivity index (χ0) is 17.8. The second-order valence-electron chi connectivity index (χ2n) is 5.23. The lowest BCUT2D eigenvalue weighted by Crippen LogP contribution is -2.14. The number of oxazole rings is 1. The molecule has 0 saturated carbocycles. The molecular weight excluding hydrogens is 342 g/mol. The molecule has 0 radical (unpaired) electrons. The number of halogens is 1. The van der Waals surface area contributed by atoms with Gasteiger partial charge in [-0.3, -0.25) is 9.59 Å². The molecule has 0 unspecified atom stereocenters. The van der Waals surface area contributed by atoms with Crippen molar-refractivity contribution < 1.29 is 14.0 Å². The van der Waals surface area contributed by atoms with Crippen molar-refractivity contribution in [2.75, 3.05) is 10.6 Å². The number of anilines is 2. The van der Waals surface area contributed by atoms with Crippen LogP contribution in [0.5, 0.6) is 0 Å². The van der Waals surface area contributed by atoms with E-state index in [1.165, 1.54) is 13.3 Å². The second-order valence-corrected chi connectivity index (χ2v) is 5.63. The first-order valence-corrected chi connectivity index (χ1v) is 7.80. The molecule has 0 fully saturated rings. The van der Waals surface area contributed by atoms with E-state index in [1.807, 2.05) is 30.3 Å². The predicted octanol–water partition coefficient (Wildman–Crippen LogP) is 4.21. The molecule has 0 saturated heterocycles. The van der Waals surface area contributed by atoms with E-state index in [0.29, 0.717) is 22.2 Å². The smallest absolute Gasteiger partial charge is 0.278 e. The molecule has 3 rings (SSSR count). The van der Waals surface area contributed by atoms with Crippen LogP contribution in [-0.2, 0) is 4.79 Å². The summed E-state index contributed by atoms with van der Waals surface area (Å²) in [5, 5.41) is 5.67. The van der Waals surface area contributed by atoms with Crippen LogP contribution in [0.2, 0.25) is 5.02 Å². The van der Waals surface area contributed by atoms with Gasteiger partial charge in [0.25, 0.3) is 5.91 Å². The largest absolute Gasteiger partial charge is 0.443 e. The minimum atomic E-state index is -0.463. The highest BCUT2D eigenvalue weighted by molar-refractivity contribution is 6.34. The summed E-state index contributed by atoms with van der Waals surface area (Å²) >= 11 is 6.12. The summed E-state index contributed by atoms with van der Waals surface area (Å²) in [5.74, 6) is -0.316. The van der Waals surface area contributed by atoms with E-state index in [1.54, 1.807) is 18.2 Å². The zero-order valence-electron chi connectivity index (χ0n) is 13.2. The maximum Gasteiger partial charge on any atom is 0.278 e. The average Bonchev–Trinajstić information content (AvgIpc) is 3.08. The highest BCUT2D eigenvalue weighted by atomic mass is 35.5. The molecule has 0 spiro atoms. The molecule has 2 N–H and O–H groups in total. The van der Waals surface area contributed by atoms with Crippen LogP contribution in [0, 0.1) is 0 Å². The van der Waals surface area contributed by atoms with E-state index in [4.69, 9.17) is 16.0 Å². The van der Waals surface area contributed by atoms with E-state index in [-0.39, 0.29) is 11.6 Å². The fourth-order valence-corrected chi connectivity index (χ4v) is 2.45. The Kier molecular flexibility index (Phi) is 4.81. The highest BCUT2D eigenvalue weighted by Crippen LogP contribution is 2.28. The molecular formula is C18H14ClN3O3. The molecule has 0 aliphatic heterocycles. The molecule has 1 heterocycles. The molecule has 0 atom stereocenters. The lowest BCUT2D eigenvalue weighted by atomic mass is 10.1. The second kappa shape index (κ2) is 7.19. The Morgan fingerprint density at radius 3 is 2.56 bits per heavy atom. The van der Waals surface area contributed by atoms with Crippen LogP contribution < -0.4 is 10.6 Å². The molecule has 2 aromatic carbocycles. The molecule has 1 aromatic heterocycles. The number of hydrogen-bond acceptors (Lipinski definition) is 4. The van der Waals surface area contributed by atoms with E-state index >= 15 is 0 Å². The topological polar surface area (TPSA) is 84.2 Å². The molecule has 126 valence electrons. The molecule has 0 aliphatic carbocycles. The number of rotatable bonds is 4. The lowest BCUT2D eigenvalue weighted by molar-refractivity contribution is -0.114. The quantitative estimate of drug-likeness (QED) is 0.734. The minimum Gasteiger partial charge on any atom is -0.443 e. The van der Waals surface area contributed by atoms with Gasteiger partial charge in [-0.2, -0.15) is 0 Å². The monoisotopic (exact) mass is 355 g/mol. The van der Waals surface area contributed by atoms with Crippen molar-refractivity contribution in [3.63, 3.8) is 0 Å². The third kappa shape index (κ3) is 3.87. The van der Waals surface area contributed by atoms with E-state index in [2.05, 4.69) is 15.6 Å². The van der Waals surface area contributed by atoms with Crippen LogP contribution in [0.4, 0.5) is 11.4 Å². The summed E-state index contributed by atoms with van der Waals surface area (Å²) in [6.07, 6.45) is 1.21. The van der Waals surface area contributed by atoms with Gasteiger partial charge in [0.05, 0.1) is 10.7 Å². The fourth-order valence-electron chi connectivity index (χ4n) is 2.29. The van der Waals surface area contributed by atoms with Crippen LogP contribution in [0.25, 0.3) is 11.3 Å². The summed E-state index contributed by atoms with van der Waals surface area (Å²) < 4.78 is 5.35. The Balaban J connectivity index is 1.87. The third-order valence-corrected chi connectivity index (χ3v) is 3.68. The molecule has 6 nitrogen and oxygen atoms in total. The van der Waals surface area contributed by atoms with Gasteiger partial charge >= 0.3 is 0 Å². The number of nitrogens with zero attached hydrogens (tertiary/aromatic N) is 1. The molecule has 3 aromatic rings. The summed E-state index contributed by atoms with van der Waals surface area (Å²) in [6, 6.07) is 14.0. The van der Waals surface area contributed by atoms with Gasteiger partial charge in [-0.1, -0.05) is 41.9 Å². The van der Waals surface area contributed by atoms with Gasteiger partial charge in [-0.15, -0.1) is 0 Å². The molecule has 2 amide bonds. The van der Waals surface area contributed by atoms with Crippen molar-refractivity contribution >= 4 is 34.8 Å². The zero-order valence-corrected chi connectivity index (χ0v) is 14.0. The van der Waals surface area contributed by atoms with Crippen molar-refractivity contribution in [1.29, 1.82) is 0 Å². The van der Waals surface area contributed by atoms with Crippen molar-refractivity contribution in [3.05, 3.63) is 65.6 Å². The maximum absolute atomic E-state index is 12.6. The maximum atomic E-state index is 12.6. The average molecular weight is 356 g/mol. The number of benzene rings is 2. The summed E-state index contributed by atoms with van der Waals surface area (Å²) in [6.45, 7) is 1.40. The SMILES string of the molecule is CC(=O)Nc1ccc(Cl)c(NC(=O)c2ncoc2-c2ccccc2)c1. The van der Waals surface area contributed by atoms with Gasteiger partial charge < -0.3 is 15.1 Å². The number of hydrogen-bond donors (Lipinski definition) is 2. The van der Waals surface area contributed by atoms with E-state index in [0.717, 1.165) is 5.56 Å². The van der Waals surface area contributed by atoms with Crippen LogP contribution >= 0.6 is 11.6 Å². The van der Waals surface area contributed by atoms with Crippen LogP contribution in [0.1, 0.15) is 17.4 Å². The first-order valence-electron chi connectivity index (χ1n) is 7.42. The molecule has 7 heteroatoms. The van der Waals surface area contributed by atoms with Gasteiger partial charge in [0.2, 0.25) is 5.91 Å². The summed E-state index contributed by atoms with van der Waals surface area (Å²) in [7, 11) is 0. The van der Waals surface area contributed by atoms with Crippen molar-refractivity contribution in [1.82, 2.24) is 4.98 Å². The van der Waals surface area contributed by atoms with Crippen LogP contribution in [-0.4, -0.2) is 16.8 Å². The Morgan fingerprint density at radius 2 is 1.84 bits per heavy atom. The number of nitrogens with one attached hydrogen (secondary N) is 2. The number of carbonyl (C=O) groups is 2. The molecule has 0 aliphatic rings. The van der Waals surface area contributed by atoms with E-state index in [9.17, 15) is 9.59 Å². The van der Waals surface area contributed by atoms with Crippen molar-refractivity contribution in [3.8, 4) is 11.3 Å². The summed E-state index contributed by atoms with van der Waals surface area (Å²) in [4.78, 5) is 27.7. The van der Waals surface area contributed by atoms with Crippen LogP contribution in [0.3, 0.4) is 0 Å². The van der Waals surface area contributed by atoms with Gasteiger partial charge in [0.1, 0.15) is 0 Å². The third-order valence-electron chi connectivity index (χ3n) is 3.35. The standard InChI is InChI=1S/C18H14ClN3O3/c1-11(23)21-13-7-8-14(19)15(9-13)22-18(24)16-17(25-10-20-16)12-5-3-2-4-6-12/h2-10H,1H3,(H,21,23)(H,22,24). The first kappa shape index (κ1) is 16.7. The van der Waals surface area contributed by atoms with Gasteiger partial charge in [-0.25, -0.2) is 4.98 Å². The minimum absolute atomic E-state index is 0.146. The summed E-state index contributed by atoms with van der Waals surface area (Å²) in [5.41, 5.74) is 1.77. The van der Waals surface area contributed by atoms with Crippen molar-refractivity contribution in [2.24, 2.45) is 0 Å². The number of amides is 2. The fraction of sp³-hybridized carbons (Fsp3) is 0.0556. The van der Waals surface area contributed by atoms with E-state index < -0.39 is 5.91 Å². The molecule has 0 bridgehead atoms. The first-order chi connectivity index (χ1) is 12.0. The normalized spacial score (nSPS) is 10.3. The van der Waals surface area contributed by atoms with Crippen LogP contribution in [0.15, 0.2) is 59.3 Å². The van der Waals surface area contributed by atoms with Gasteiger partial charge in [0.15, 0.2) is 17.8 Å². The Labute approximate surface area is 148 Å².